The maximum atomic E-state index is 12.6. The smallest absolute Gasteiger partial charge is 0.265 e. The number of hydrogen-bond donors (Lipinski definition) is 1. The highest BCUT2D eigenvalue weighted by atomic mass is 32.2. The van der Waals surface area contributed by atoms with Crippen LogP contribution in [-0.2, 0) is 14.8 Å². The lowest BCUT2D eigenvalue weighted by atomic mass is 10.1. The van der Waals surface area contributed by atoms with Crippen LogP contribution in [0.15, 0.2) is 47.4 Å². The zero-order valence-electron chi connectivity index (χ0n) is 16.4. The van der Waals surface area contributed by atoms with Crippen molar-refractivity contribution in [1.82, 2.24) is 4.31 Å². The summed E-state index contributed by atoms with van der Waals surface area (Å²) in [7, 11) is -3.45. The van der Waals surface area contributed by atoms with E-state index in [4.69, 9.17) is 4.74 Å². The number of amides is 1. The minimum absolute atomic E-state index is 0.243. The number of anilines is 1. The van der Waals surface area contributed by atoms with Crippen LogP contribution in [-0.4, -0.2) is 37.8 Å². The van der Waals surface area contributed by atoms with Crippen molar-refractivity contribution < 1.29 is 17.9 Å². The van der Waals surface area contributed by atoms with Gasteiger partial charge in [-0.3, -0.25) is 4.79 Å². The molecule has 0 radical (unpaired) electrons. The number of rotatable bonds is 6. The average molecular weight is 403 g/mol. The maximum Gasteiger partial charge on any atom is 0.265 e. The Balaban J connectivity index is 1.64. The first-order valence-corrected chi connectivity index (χ1v) is 10.9. The summed E-state index contributed by atoms with van der Waals surface area (Å²) in [5.74, 6) is 0.380. The van der Waals surface area contributed by atoms with Crippen molar-refractivity contribution in [1.29, 1.82) is 0 Å². The molecule has 1 saturated heterocycles. The van der Waals surface area contributed by atoms with Crippen LogP contribution in [0.1, 0.15) is 30.9 Å². The van der Waals surface area contributed by atoms with E-state index in [-0.39, 0.29) is 10.8 Å². The van der Waals surface area contributed by atoms with Crippen LogP contribution >= 0.6 is 0 Å². The van der Waals surface area contributed by atoms with Gasteiger partial charge in [-0.1, -0.05) is 12.1 Å². The molecule has 1 amide bonds. The molecule has 0 saturated carbocycles. The molecular weight excluding hydrogens is 376 g/mol. The minimum Gasteiger partial charge on any atom is -0.481 e. The number of hydrogen-bond acceptors (Lipinski definition) is 4. The summed E-state index contributed by atoms with van der Waals surface area (Å²) < 4.78 is 32.4. The van der Waals surface area contributed by atoms with Gasteiger partial charge in [0.15, 0.2) is 6.10 Å². The summed E-state index contributed by atoms with van der Waals surface area (Å²) in [4.78, 5) is 12.7. The van der Waals surface area contributed by atoms with Crippen molar-refractivity contribution in [3.8, 4) is 5.75 Å². The highest BCUT2D eigenvalue weighted by Crippen LogP contribution is 2.23. The second-order valence-corrected chi connectivity index (χ2v) is 9.09. The van der Waals surface area contributed by atoms with Crippen LogP contribution in [0, 0.1) is 13.8 Å². The Morgan fingerprint density at radius 1 is 1.07 bits per heavy atom. The number of aryl methyl sites for hydroxylation is 2. The quantitative estimate of drug-likeness (QED) is 0.802. The third kappa shape index (κ3) is 4.54. The summed E-state index contributed by atoms with van der Waals surface area (Å²) >= 11 is 0. The Bertz CT molecular complexity index is 949. The normalized spacial score (nSPS) is 16.0. The lowest BCUT2D eigenvalue weighted by molar-refractivity contribution is -0.122. The standard InChI is InChI=1S/C21H26N2O4S/c1-15-6-7-16(2)20(14-15)27-17(3)21(24)22-18-8-10-19(11-9-18)28(25,26)23-12-4-5-13-23/h6-11,14,17H,4-5,12-13H2,1-3H3,(H,22,24)/t17-/m1/s1. The first kappa shape index (κ1) is 20.4. The maximum absolute atomic E-state index is 12.6. The first-order valence-electron chi connectivity index (χ1n) is 9.42. The van der Waals surface area contributed by atoms with Gasteiger partial charge >= 0.3 is 0 Å². The van der Waals surface area contributed by atoms with E-state index in [0.717, 1.165) is 24.0 Å². The lowest BCUT2D eigenvalue weighted by Crippen LogP contribution is -2.30. The molecular formula is C21H26N2O4S. The first-order chi connectivity index (χ1) is 13.3. The summed E-state index contributed by atoms with van der Waals surface area (Å²) in [5, 5.41) is 2.77. The minimum atomic E-state index is -3.45. The average Bonchev–Trinajstić information content (AvgIpc) is 3.21. The molecule has 0 aromatic heterocycles. The Morgan fingerprint density at radius 2 is 1.71 bits per heavy atom. The number of benzene rings is 2. The SMILES string of the molecule is Cc1ccc(C)c(O[C@H](C)C(=O)Nc2ccc(S(=O)(=O)N3CCCC3)cc2)c1. The van der Waals surface area contributed by atoms with Crippen molar-refractivity contribution in [2.75, 3.05) is 18.4 Å². The molecule has 0 unspecified atom stereocenters. The molecule has 28 heavy (non-hydrogen) atoms. The molecule has 1 aliphatic rings. The molecule has 1 fully saturated rings. The second-order valence-electron chi connectivity index (χ2n) is 7.15. The number of nitrogens with one attached hydrogen (secondary N) is 1. The predicted octanol–water partition coefficient (Wildman–Crippen LogP) is 3.49. The molecule has 7 heteroatoms. The molecule has 2 aromatic carbocycles. The van der Waals surface area contributed by atoms with Gasteiger partial charge in [0.05, 0.1) is 4.90 Å². The van der Waals surface area contributed by atoms with E-state index in [9.17, 15) is 13.2 Å². The summed E-state index contributed by atoms with van der Waals surface area (Å²) in [5.41, 5.74) is 2.55. The number of carbonyl (C=O) groups is 1. The monoisotopic (exact) mass is 402 g/mol. The molecule has 1 aliphatic heterocycles. The largest absolute Gasteiger partial charge is 0.481 e. The fourth-order valence-electron chi connectivity index (χ4n) is 3.11. The van der Waals surface area contributed by atoms with Crippen molar-refractivity contribution >= 4 is 21.6 Å². The van der Waals surface area contributed by atoms with Gasteiger partial charge in [-0.2, -0.15) is 4.31 Å². The molecule has 0 aliphatic carbocycles. The molecule has 3 rings (SSSR count). The van der Waals surface area contributed by atoms with Crippen molar-refractivity contribution in [2.45, 2.75) is 44.6 Å². The van der Waals surface area contributed by atoms with E-state index < -0.39 is 16.1 Å². The van der Waals surface area contributed by atoms with Crippen molar-refractivity contribution in [3.05, 3.63) is 53.6 Å². The zero-order chi connectivity index (χ0) is 20.3. The molecule has 1 heterocycles. The Kier molecular flexibility index (Phi) is 6.05. The Morgan fingerprint density at radius 3 is 2.36 bits per heavy atom. The van der Waals surface area contributed by atoms with Crippen molar-refractivity contribution in [2.24, 2.45) is 0 Å². The van der Waals surface area contributed by atoms with Gasteiger partial charge < -0.3 is 10.1 Å². The van der Waals surface area contributed by atoms with Crippen LogP contribution in [0.2, 0.25) is 0 Å². The van der Waals surface area contributed by atoms with E-state index in [1.54, 1.807) is 19.1 Å². The zero-order valence-corrected chi connectivity index (χ0v) is 17.3. The van der Waals surface area contributed by atoms with E-state index in [0.29, 0.717) is 24.5 Å². The van der Waals surface area contributed by atoms with E-state index >= 15 is 0 Å². The fraction of sp³-hybridized carbons (Fsp3) is 0.381. The summed E-state index contributed by atoms with van der Waals surface area (Å²) in [6, 6.07) is 12.1. The second kappa shape index (κ2) is 8.32. The molecule has 2 aromatic rings. The van der Waals surface area contributed by atoms with Crippen LogP contribution in [0.4, 0.5) is 5.69 Å². The van der Waals surface area contributed by atoms with Gasteiger partial charge in [0.1, 0.15) is 5.75 Å². The number of carbonyl (C=O) groups excluding carboxylic acids is 1. The molecule has 6 nitrogen and oxygen atoms in total. The van der Waals surface area contributed by atoms with Crippen LogP contribution in [0.3, 0.4) is 0 Å². The third-order valence-electron chi connectivity index (χ3n) is 4.84. The number of ether oxygens (including phenoxy) is 1. The van der Waals surface area contributed by atoms with Crippen molar-refractivity contribution in [3.63, 3.8) is 0 Å². The Labute approximate surface area is 166 Å². The van der Waals surface area contributed by atoms with Gasteiger partial charge in [0, 0.05) is 18.8 Å². The Hall–Kier alpha value is -2.38. The summed E-state index contributed by atoms with van der Waals surface area (Å²) in [6.07, 6.45) is 1.10. The van der Waals surface area contributed by atoms with E-state index in [1.165, 1.54) is 16.4 Å². The van der Waals surface area contributed by atoms with Gasteiger partial charge in [-0.25, -0.2) is 8.42 Å². The van der Waals surface area contributed by atoms with E-state index in [1.807, 2.05) is 32.0 Å². The molecule has 1 N–H and O–H groups in total. The van der Waals surface area contributed by atoms with E-state index in [2.05, 4.69) is 5.32 Å². The lowest BCUT2D eigenvalue weighted by Gasteiger charge is -2.17. The van der Waals surface area contributed by atoms with Gasteiger partial charge in [0.2, 0.25) is 10.0 Å². The number of nitrogens with zero attached hydrogens (tertiary/aromatic N) is 1. The predicted molar refractivity (Wildman–Crippen MR) is 109 cm³/mol. The van der Waals surface area contributed by atoms with Gasteiger partial charge in [-0.05, 0) is 75.1 Å². The van der Waals surface area contributed by atoms with Crippen LogP contribution in [0.25, 0.3) is 0 Å². The van der Waals surface area contributed by atoms with Gasteiger partial charge in [0.25, 0.3) is 5.91 Å². The molecule has 0 spiro atoms. The molecule has 1 atom stereocenters. The fourth-order valence-corrected chi connectivity index (χ4v) is 4.63. The van der Waals surface area contributed by atoms with Crippen LogP contribution < -0.4 is 10.1 Å². The molecule has 150 valence electrons. The highest BCUT2D eigenvalue weighted by Gasteiger charge is 2.27. The summed E-state index contributed by atoms with van der Waals surface area (Å²) in [6.45, 7) is 6.71. The highest BCUT2D eigenvalue weighted by molar-refractivity contribution is 7.89. The topological polar surface area (TPSA) is 75.7 Å². The number of sulfonamides is 1. The molecule has 0 bridgehead atoms. The third-order valence-corrected chi connectivity index (χ3v) is 6.75. The van der Waals surface area contributed by atoms with Gasteiger partial charge in [-0.15, -0.1) is 0 Å². The van der Waals surface area contributed by atoms with Crippen LogP contribution in [0.5, 0.6) is 5.75 Å².